The topological polar surface area (TPSA) is 113 Å². The van der Waals surface area contributed by atoms with Crippen molar-refractivity contribution in [2.45, 2.75) is 18.1 Å². The minimum absolute atomic E-state index is 0.0891. The lowest BCUT2D eigenvalue weighted by Gasteiger charge is -2.09. The van der Waals surface area contributed by atoms with Crippen molar-refractivity contribution in [3.05, 3.63) is 45.3 Å². The Kier molecular flexibility index (Phi) is 5.53. The third kappa shape index (κ3) is 3.92. The maximum atomic E-state index is 12.3. The minimum atomic E-state index is -1.43. The number of halogens is 2. The zero-order valence-corrected chi connectivity index (χ0v) is 15.4. The third-order valence-corrected chi connectivity index (χ3v) is 5.32. The van der Waals surface area contributed by atoms with E-state index in [1.807, 2.05) is 12.1 Å². The number of benzene rings is 1. The van der Waals surface area contributed by atoms with E-state index < -0.39 is 11.2 Å². The number of H-pyrrole nitrogens is 1. The number of fused-ring (bicyclic) bond motifs is 1. The summed E-state index contributed by atoms with van der Waals surface area (Å²) < 4.78 is 13.7. The first-order valence-corrected chi connectivity index (χ1v) is 9.67. The van der Waals surface area contributed by atoms with E-state index in [1.165, 1.54) is 4.57 Å². The Hall–Kier alpha value is -1.74. The lowest BCUT2D eigenvalue weighted by atomic mass is 10.2. The molecular weight excluding hydrogens is 385 g/mol. The molecule has 3 rings (SSSR count). The molecule has 0 spiro atoms. The number of aromatic nitrogens is 4. The van der Waals surface area contributed by atoms with E-state index in [0.29, 0.717) is 34.2 Å². The second-order valence-electron chi connectivity index (χ2n) is 5.32. The largest absolute Gasteiger partial charge is 0.609 e. The predicted molar refractivity (Wildman–Crippen MR) is 99.7 cm³/mol. The van der Waals surface area contributed by atoms with Crippen molar-refractivity contribution in [1.29, 1.82) is 0 Å². The van der Waals surface area contributed by atoms with Crippen molar-refractivity contribution in [3.8, 4) is 0 Å². The highest BCUT2D eigenvalue weighted by molar-refractivity contribution is 7.91. The Morgan fingerprint density at radius 2 is 2.00 bits per heavy atom. The lowest BCUT2D eigenvalue weighted by molar-refractivity contribution is 0.585. The molecule has 1 atom stereocenters. The third-order valence-electron chi connectivity index (χ3n) is 3.55. The van der Waals surface area contributed by atoms with Crippen LogP contribution in [0.2, 0.25) is 5.02 Å². The van der Waals surface area contributed by atoms with Crippen molar-refractivity contribution >= 4 is 51.4 Å². The predicted octanol–water partition coefficient (Wildman–Crippen LogP) is 2.14. The van der Waals surface area contributed by atoms with Crippen LogP contribution >= 0.6 is 23.2 Å². The molecule has 0 fully saturated rings. The molecule has 0 aliphatic heterocycles. The molecule has 10 heteroatoms. The molecule has 3 N–H and O–H groups in total. The molecule has 0 saturated heterocycles. The summed E-state index contributed by atoms with van der Waals surface area (Å²) in [5.41, 5.74) is 7.06. The van der Waals surface area contributed by atoms with Gasteiger partial charge in [0.25, 0.3) is 0 Å². The number of hydrogen-bond donors (Lipinski definition) is 2. The Labute approximate surface area is 156 Å². The zero-order valence-electron chi connectivity index (χ0n) is 13.0. The van der Waals surface area contributed by atoms with Gasteiger partial charge in [-0.25, -0.2) is 4.79 Å². The highest BCUT2D eigenvalue weighted by Gasteiger charge is 2.21. The van der Waals surface area contributed by atoms with Crippen LogP contribution in [0.4, 0.5) is 5.82 Å². The van der Waals surface area contributed by atoms with Crippen LogP contribution in [0.3, 0.4) is 0 Å². The van der Waals surface area contributed by atoms with Crippen LogP contribution < -0.4 is 11.4 Å². The van der Waals surface area contributed by atoms with Gasteiger partial charge in [0.15, 0.2) is 11.5 Å². The fraction of sp³-hybridized carbons (Fsp3) is 0.267. The first kappa shape index (κ1) is 18.1. The molecule has 3 aromatic rings. The second-order valence-corrected chi connectivity index (χ2v) is 7.60. The van der Waals surface area contributed by atoms with Gasteiger partial charge >= 0.3 is 10.8 Å². The summed E-state index contributed by atoms with van der Waals surface area (Å²) in [6.07, 6.45) is 0.570. The molecule has 25 heavy (non-hydrogen) atoms. The molecule has 2 aromatic heterocycles. The number of anilines is 1. The maximum Gasteiger partial charge on any atom is 0.346 e. The number of nitrogens with one attached hydrogen (secondary N) is 1. The quantitative estimate of drug-likeness (QED) is 0.374. The van der Waals surface area contributed by atoms with Gasteiger partial charge in [-0.1, -0.05) is 23.7 Å². The fourth-order valence-electron chi connectivity index (χ4n) is 2.33. The summed E-state index contributed by atoms with van der Waals surface area (Å²) in [5, 5.41) is 0.706. The van der Waals surface area contributed by atoms with Crippen molar-refractivity contribution in [3.63, 3.8) is 0 Å². The normalized spacial score (nSPS) is 12.6. The molecule has 132 valence electrons. The second kappa shape index (κ2) is 7.65. The van der Waals surface area contributed by atoms with E-state index in [-0.39, 0.29) is 23.2 Å². The van der Waals surface area contributed by atoms with Gasteiger partial charge in [0.2, 0.25) is 0 Å². The van der Waals surface area contributed by atoms with E-state index >= 15 is 0 Å². The van der Waals surface area contributed by atoms with Gasteiger partial charge in [-0.15, -0.1) is 11.6 Å². The van der Waals surface area contributed by atoms with E-state index in [2.05, 4.69) is 15.0 Å². The van der Waals surface area contributed by atoms with Crippen molar-refractivity contribution < 1.29 is 4.55 Å². The summed E-state index contributed by atoms with van der Waals surface area (Å²) >= 11 is 10.1. The minimum Gasteiger partial charge on any atom is -0.609 e. The molecule has 2 heterocycles. The number of rotatable bonds is 6. The standard InChI is InChI=1S/C15H15Cl2N5O2S/c16-6-1-7-25(24)14-20-12(18)11-13(21-14)22(15(23)19-11)8-9-2-4-10(17)5-3-9/h2-5H,1,6-8H2,(H,19,23)(H2,18,20,21). The molecule has 0 radical (unpaired) electrons. The zero-order chi connectivity index (χ0) is 18.0. The van der Waals surface area contributed by atoms with E-state index in [1.54, 1.807) is 12.1 Å². The van der Waals surface area contributed by atoms with Crippen LogP contribution in [0.25, 0.3) is 11.2 Å². The average molecular weight is 400 g/mol. The number of imidazole rings is 1. The van der Waals surface area contributed by atoms with Crippen LogP contribution in [0.1, 0.15) is 12.0 Å². The summed E-state index contributed by atoms with van der Waals surface area (Å²) in [6.45, 7) is 0.278. The van der Waals surface area contributed by atoms with Gasteiger partial charge in [0.05, 0.1) is 6.54 Å². The summed E-state index contributed by atoms with van der Waals surface area (Å²) in [7, 11) is 0. The van der Waals surface area contributed by atoms with E-state index in [0.717, 1.165) is 5.56 Å². The van der Waals surface area contributed by atoms with Crippen LogP contribution in [-0.2, 0) is 17.7 Å². The first-order chi connectivity index (χ1) is 12.0. The Bertz CT molecular complexity index is 941. The number of alkyl halides is 1. The first-order valence-electron chi connectivity index (χ1n) is 7.44. The van der Waals surface area contributed by atoms with E-state index in [9.17, 15) is 9.35 Å². The number of nitrogens with zero attached hydrogens (tertiary/aromatic N) is 3. The molecule has 0 aliphatic rings. The van der Waals surface area contributed by atoms with Gasteiger partial charge in [-0.05, 0) is 17.7 Å². The van der Waals surface area contributed by atoms with Crippen LogP contribution in [0, 0.1) is 0 Å². The number of hydrogen-bond acceptors (Lipinski definition) is 5. The smallest absolute Gasteiger partial charge is 0.346 e. The van der Waals surface area contributed by atoms with Gasteiger partial charge in [0.1, 0.15) is 11.3 Å². The number of aromatic amines is 1. The van der Waals surface area contributed by atoms with Crippen molar-refractivity contribution in [2.75, 3.05) is 17.4 Å². The maximum absolute atomic E-state index is 12.3. The lowest BCUT2D eigenvalue weighted by Crippen LogP contribution is -2.18. The van der Waals surface area contributed by atoms with Crippen LogP contribution in [-0.4, -0.2) is 35.7 Å². The molecule has 0 saturated carbocycles. The summed E-state index contributed by atoms with van der Waals surface area (Å²) in [6, 6.07) is 7.12. The van der Waals surface area contributed by atoms with Crippen LogP contribution in [0.15, 0.2) is 34.2 Å². The molecule has 1 unspecified atom stereocenters. The Morgan fingerprint density at radius 1 is 1.28 bits per heavy atom. The molecule has 0 amide bonds. The average Bonchev–Trinajstić information content (AvgIpc) is 2.91. The van der Waals surface area contributed by atoms with Crippen molar-refractivity contribution in [1.82, 2.24) is 19.5 Å². The number of nitrogen functional groups attached to an aromatic ring is 1. The molecular formula is C15H15Cl2N5O2S. The molecule has 1 aromatic carbocycles. The molecule has 0 aliphatic carbocycles. The molecule has 7 nitrogen and oxygen atoms in total. The Balaban J connectivity index is 2.02. The van der Waals surface area contributed by atoms with Gasteiger partial charge in [0, 0.05) is 28.5 Å². The highest BCUT2D eigenvalue weighted by atomic mass is 35.5. The summed E-state index contributed by atoms with van der Waals surface area (Å²) in [4.78, 5) is 23.3. The van der Waals surface area contributed by atoms with E-state index in [4.69, 9.17) is 28.9 Å². The summed E-state index contributed by atoms with van der Waals surface area (Å²) in [5.74, 6) is 0.820. The van der Waals surface area contributed by atoms with Crippen molar-refractivity contribution in [2.24, 2.45) is 0 Å². The monoisotopic (exact) mass is 399 g/mol. The number of nitrogens with two attached hydrogens (primary N) is 1. The van der Waals surface area contributed by atoms with Gasteiger partial charge in [-0.3, -0.25) is 4.57 Å². The SMILES string of the molecule is Nc1nc([S+]([O-])CCCCl)nc2c1[nH]c(=O)n2Cc1ccc(Cl)cc1. The van der Waals surface area contributed by atoms with Crippen LogP contribution in [0.5, 0.6) is 0 Å². The van der Waals surface area contributed by atoms with Gasteiger partial charge in [-0.2, -0.15) is 9.97 Å². The molecule has 0 bridgehead atoms. The fourth-order valence-corrected chi connectivity index (χ4v) is 3.72. The Morgan fingerprint density at radius 3 is 2.68 bits per heavy atom. The highest BCUT2D eigenvalue weighted by Crippen LogP contribution is 2.19. The van der Waals surface area contributed by atoms with Gasteiger partial charge < -0.3 is 15.3 Å².